The van der Waals surface area contributed by atoms with Crippen molar-refractivity contribution in [2.24, 2.45) is 5.92 Å². The Morgan fingerprint density at radius 2 is 1.96 bits per heavy atom. The Labute approximate surface area is 147 Å². The third-order valence-electron chi connectivity index (χ3n) is 4.87. The Bertz CT molecular complexity index is 829. The predicted molar refractivity (Wildman–Crippen MR) is 95.0 cm³/mol. The number of hydrogen-bond acceptors (Lipinski definition) is 4. The van der Waals surface area contributed by atoms with Gasteiger partial charge < -0.3 is 14.5 Å². The van der Waals surface area contributed by atoms with Crippen LogP contribution in [-0.4, -0.2) is 37.0 Å². The van der Waals surface area contributed by atoms with Crippen LogP contribution in [0.25, 0.3) is 11.1 Å². The van der Waals surface area contributed by atoms with E-state index in [1.807, 2.05) is 41.3 Å². The zero-order chi connectivity index (χ0) is 17.2. The summed E-state index contributed by atoms with van der Waals surface area (Å²) >= 11 is 0. The van der Waals surface area contributed by atoms with Crippen LogP contribution in [0.4, 0.5) is 5.69 Å². The molecule has 4 rings (SSSR count). The number of rotatable bonds is 2. The van der Waals surface area contributed by atoms with E-state index < -0.39 is 0 Å². The van der Waals surface area contributed by atoms with Gasteiger partial charge in [0.2, 0.25) is 5.91 Å². The van der Waals surface area contributed by atoms with Crippen molar-refractivity contribution in [3.8, 4) is 23.1 Å². The van der Waals surface area contributed by atoms with Crippen molar-refractivity contribution in [2.75, 3.05) is 31.1 Å². The Morgan fingerprint density at radius 1 is 1.12 bits per heavy atom. The number of hydrogen-bond donors (Lipinski definition) is 0. The number of carbonyl (C=O) groups excluding carboxylic acids is 1. The third-order valence-corrected chi connectivity index (χ3v) is 4.87. The van der Waals surface area contributed by atoms with Gasteiger partial charge in [0.25, 0.3) is 0 Å². The molecule has 0 radical (unpaired) electrons. The van der Waals surface area contributed by atoms with E-state index in [9.17, 15) is 4.79 Å². The van der Waals surface area contributed by atoms with Gasteiger partial charge in [0.05, 0.1) is 18.2 Å². The van der Waals surface area contributed by atoms with E-state index in [0.717, 1.165) is 29.0 Å². The van der Waals surface area contributed by atoms with Gasteiger partial charge in [-0.05, 0) is 29.7 Å². The second-order valence-corrected chi connectivity index (χ2v) is 6.42. The van der Waals surface area contributed by atoms with Gasteiger partial charge >= 0.3 is 0 Å². The van der Waals surface area contributed by atoms with Crippen molar-refractivity contribution in [3.63, 3.8) is 0 Å². The van der Waals surface area contributed by atoms with Crippen LogP contribution in [0.15, 0.2) is 48.5 Å². The molecule has 2 aliphatic heterocycles. The van der Waals surface area contributed by atoms with Gasteiger partial charge in [0, 0.05) is 13.1 Å². The van der Waals surface area contributed by atoms with Gasteiger partial charge in [-0.15, -0.1) is 0 Å². The molecule has 0 N–H and O–H groups in total. The molecular formula is C20H19N3O2. The second kappa shape index (κ2) is 6.48. The smallest absolute Gasteiger partial charge is 0.232 e. The van der Waals surface area contributed by atoms with Crippen molar-refractivity contribution in [1.82, 2.24) is 4.90 Å². The lowest BCUT2D eigenvalue weighted by molar-refractivity contribution is -0.122. The van der Waals surface area contributed by atoms with E-state index in [2.05, 4.69) is 18.3 Å². The standard InChI is InChI=1S/C20H19N3O2/c21-14-22-9-8-17(13-22)20(24)23-10-11-25-19-7-6-16(12-18(19)23)15-4-2-1-3-5-15/h1-7,12,17H,8-11,13H2. The first-order chi connectivity index (χ1) is 12.3. The average molecular weight is 333 g/mol. The molecule has 1 fully saturated rings. The highest BCUT2D eigenvalue weighted by atomic mass is 16.5. The molecule has 5 heteroatoms. The van der Waals surface area contributed by atoms with E-state index in [0.29, 0.717) is 26.2 Å². The van der Waals surface area contributed by atoms with Gasteiger partial charge in [-0.1, -0.05) is 36.4 Å². The molecule has 126 valence electrons. The molecule has 0 aromatic heterocycles. The molecule has 1 amide bonds. The number of nitriles is 1. The number of nitrogens with zero attached hydrogens (tertiary/aromatic N) is 3. The van der Waals surface area contributed by atoms with Crippen LogP contribution in [0.5, 0.6) is 5.75 Å². The van der Waals surface area contributed by atoms with Crippen molar-refractivity contribution in [3.05, 3.63) is 48.5 Å². The highest BCUT2D eigenvalue weighted by Crippen LogP contribution is 2.37. The zero-order valence-electron chi connectivity index (χ0n) is 13.9. The summed E-state index contributed by atoms with van der Waals surface area (Å²) in [6.07, 6.45) is 2.87. The topological polar surface area (TPSA) is 56.6 Å². The van der Waals surface area contributed by atoms with Crippen LogP contribution >= 0.6 is 0 Å². The number of carbonyl (C=O) groups is 1. The van der Waals surface area contributed by atoms with Crippen molar-refractivity contribution >= 4 is 11.6 Å². The number of amides is 1. The molecule has 1 saturated heterocycles. The summed E-state index contributed by atoms with van der Waals surface area (Å²) in [7, 11) is 0. The van der Waals surface area contributed by atoms with Crippen LogP contribution in [0.2, 0.25) is 0 Å². The Balaban J connectivity index is 1.65. The summed E-state index contributed by atoms with van der Waals surface area (Å²) in [5, 5.41) is 9.03. The molecular weight excluding hydrogens is 314 g/mol. The maximum Gasteiger partial charge on any atom is 0.232 e. The highest BCUT2D eigenvalue weighted by Gasteiger charge is 2.34. The highest BCUT2D eigenvalue weighted by molar-refractivity contribution is 5.98. The Kier molecular flexibility index (Phi) is 4.02. The van der Waals surface area contributed by atoms with E-state index in [1.165, 1.54) is 0 Å². The summed E-state index contributed by atoms with van der Waals surface area (Å²) in [4.78, 5) is 16.5. The molecule has 25 heavy (non-hydrogen) atoms. The van der Waals surface area contributed by atoms with Crippen LogP contribution in [-0.2, 0) is 4.79 Å². The van der Waals surface area contributed by atoms with E-state index in [4.69, 9.17) is 10.00 Å². The average Bonchev–Trinajstić information content (AvgIpc) is 3.16. The minimum atomic E-state index is -0.119. The Hall–Kier alpha value is -3.00. The molecule has 0 saturated carbocycles. The van der Waals surface area contributed by atoms with Gasteiger partial charge in [0.15, 0.2) is 6.19 Å². The second-order valence-electron chi connectivity index (χ2n) is 6.42. The van der Waals surface area contributed by atoms with Crippen LogP contribution in [0.3, 0.4) is 0 Å². The summed E-state index contributed by atoms with van der Waals surface area (Å²) < 4.78 is 5.74. The number of ether oxygens (including phenoxy) is 1. The van der Waals surface area contributed by atoms with E-state index in [-0.39, 0.29) is 11.8 Å². The summed E-state index contributed by atoms with van der Waals surface area (Å²) in [6, 6.07) is 16.1. The molecule has 0 spiro atoms. The quantitative estimate of drug-likeness (QED) is 0.793. The largest absolute Gasteiger partial charge is 0.490 e. The van der Waals surface area contributed by atoms with Gasteiger partial charge in [-0.25, -0.2) is 0 Å². The minimum absolute atomic E-state index is 0.0903. The van der Waals surface area contributed by atoms with Gasteiger partial charge in [0.1, 0.15) is 12.4 Å². The van der Waals surface area contributed by atoms with Crippen LogP contribution in [0, 0.1) is 17.4 Å². The zero-order valence-corrected chi connectivity index (χ0v) is 13.9. The van der Waals surface area contributed by atoms with Crippen LogP contribution in [0.1, 0.15) is 6.42 Å². The molecule has 5 nitrogen and oxygen atoms in total. The molecule has 0 aliphatic carbocycles. The lowest BCUT2D eigenvalue weighted by Crippen LogP contribution is -2.42. The minimum Gasteiger partial charge on any atom is -0.490 e. The fourth-order valence-electron chi connectivity index (χ4n) is 3.53. The number of anilines is 1. The fraction of sp³-hybridized carbons (Fsp3) is 0.300. The van der Waals surface area contributed by atoms with E-state index in [1.54, 1.807) is 4.90 Å². The first-order valence-corrected chi connectivity index (χ1v) is 8.54. The molecule has 2 aliphatic rings. The molecule has 2 heterocycles. The molecule has 2 aromatic carbocycles. The molecule has 2 aromatic rings. The summed E-state index contributed by atoms with van der Waals surface area (Å²) in [5.41, 5.74) is 3.00. The molecule has 0 bridgehead atoms. The molecule has 1 atom stereocenters. The number of benzene rings is 2. The number of fused-ring (bicyclic) bond motifs is 1. The number of likely N-dealkylation sites (tertiary alicyclic amines) is 1. The predicted octanol–water partition coefficient (Wildman–Crippen LogP) is 2.88. The lowest BCUT2D eigenvalue weighted by Gasteiger charge is -2.31. The Morgan fingerprint density at radius 3 is 2.72 bits per heavy atom. The van der Waals surface area contributed by atoms with Crippen molar-refractivity contribution in [1.29, 1.82) is 5.26 Å². The third kappa shape index (κ3) is 2.91. The maximum atomic E-state index is 13.0. The monoisotopic (exact) mass is 333 g/mol. The SMILES string of the molecule is N#CN1CCC(C(=O)N2CCOc3ccc(-c4ccccc4)cc32)C1. The van der Waals surface area contributed by atoms with Gasteiger partial charge in [-0.2, -0.15) is 5.26 Å². The fourth-order valence-corrected chi connectivity index (χ4v) is 3.53. The molecule has 1 unspecified atom stereocenters. The summed E-state index contributed by atoms with van der Waals surface area (Å²) in [6.45, 7) is 2.22. The lowest BCUT2D eigenvalue weighted by atomic mass is 10.0. The van der Waals surface area contributed by atoms with Crippen molar-refractivity contribution in [2.45, 2.75) is 6.42 Å². The maximum absolute atomic E-state index is 13.0. The van der Waals surface area contributed by atoms with Crippen molar-refractivity contribution < 1.29 is 9.53 Å². The first-order valence-electron chi connectivity index (χ1n) is 8.54. The summed E-state index contributed by atoms with van der Waals surface area (Å²) in [5.74, 6) is 0.716. The van der Waals surface area contributed by atoms with Crippen LogP contribution < -0.4 is 9.64 Å². The van der Waals surface area contributed by atoms with E-state index >= 15 is 0 Å². The van der Waals surface area contributed by atoms with Gasteiger partial charge in [-0.3, -0.25) is 4.79 Å². The first kappa shape index (κ1) is 15.5. The normalized spacial score (nSPS) is 19.1.